The minimum Gasteiger partial charge on any atom is -0.497 e. The molecule has 39 heavy (non-hydrogen) atoms. The number of aliphatic hydroxyl groups is 1. The minimum atomic E-state index is -4.13. The summed E-state index contributed by atoms with van der Waals surface area (Å²) in [6, 6.07) is 5.40. The summed E-state index contributed by atoms with van der Waals surface area (Å²) in [4.78, 5) is 26.4. The average molecular weight is 563 g/mol. The topological polar surface area (TPSA) is 144 Å². The van der Waals surface area contributed by atoms with Crippen molar-refractivity contribution in [3.05, 3.63) is 36.9 Å². The summed E-state index contributed by atoms with van der Waals surface area (Å²) in [5, 5.41) is 13.3. The van der Waals surface area contributed by atoms with Crippen LogP contribution in [-0.4, -0.2) is 113 Å². The van der Waals surface area contributed by atoms with E-state index in [0.717, 1.165) is 4.31 Å². The summed E-state index contributed by atoms with van der Waals surface area (Å²) >= 11 is 0. The molecule has 4 rings (SSSR count). The van der Waals surface area contributed by atoms with E-state index in [1.165, 1.54) is 31.4 Å². The maximum atomic E-state index is 13.7. The zero-order valence-corrected chi connectivity index (χ0v) is 22.6. The Hall–Kier alpha value is -2.65. The molecule has 1 aromatic carbocycles. The molecule has 212 valence electrons. The van der Waals surface area contributed by atoms with Gasteiger partial charge < -0.3 is 34.3 Å². The largest absolute Gasteiger partial charge is 0.497 e. The maximum absolute atomic E-state index is 13.7. The predicted molar refractivity (Wildman–Crippen MR) is 139 cm³/mol. The summed E-state index contributed by atoms with van der Waals surface area (Å²) in [5.41, 5.74) is 0. The van der Waals surface area contributed by atoms with E-state index >= 15 is 0 Å². The number of hydrogen-bond acceptors (Lipinski definition) is 9. The number of sulfonamides is 1. The van der Waals surface area contributed by atoms with E-state index in [1.807, 2.05) is 0 Å². The van der Waals surface area contributed by atoms with Crippen LogP contribution in [0.25, 0.3) is 0 Å². The summed E-state index contributed by atoms with van der Waals surface area (Å²) in [6.07, 6.45) is -0.253. The number of methoxy groups -OCH3 is 1. The third kappa shape index (κ3) is 6.75. The normalized spacial score (nSPS) is 26.3. The van der Waals surface area contributed by atoms with Gasteiger partial charge in [-0.05, 0) is 37.1 Å². The fourth-order valence-corrected chi connectivity index (χ4v) is 6.54. The van der Waals surface area contributed by atoms with E-state index in [-0.39, 0.29) is 42.8 Å². The van der Waals surface area contributed by atoms with Gasteiger partial charge in [0, 0.05) is 38.0 Å². The van der Waals surface area contributed by atoms with Gasteiger partial charge in [0.15, 0.2) is 6.29 Å². The molecule has 3 heterocycles. The minimum absolute atomic E-state index is 0.0226. The number of amides is 2. The van der Waals surface area contributed by atoms with Crippen molar-refractivity contribution in [1.82, 2.24) is 14.5 Å². The Morgan fingerprint density at radius 1 is 1.33 bits per heavy atom. The van der Waals surface area contributed by atoms with Crippen LogP contribution in [0.4, 0.5) is 4.79 Å². The van der Waals surface area contributed by atoms with Gasteiger partial charge in [-0.1, -0.05) is 6.08 Å². The number of benzene rings is 1. The molecule has 0 bridgehead atoms. The van der Waals surface area contributed by atoms with Gasteiger partial charge in [-0.2, -0.15) is 4.31 Å². The summed E-state index contributed by atoms with van der Waals surface area (Å²) in [5.74, 6) is -1.03. The Balaban J connectivity index is 1.45. The predicted octanol–water partition coefficient (Wildman–Crippen LogP) is 0.206. The van der Waals surface area contributed by atoms with Crippen molar-refractivity contribution >= 4 is 29.9 Å². The third-order valence-corrected chi connectivity index (χ3v) is 9.07. The summed E-state index contributed by atoms with van der Waals surface area (Å²) < 4.78 is 49.8. The van der Waals surface area contributed by atoms with Gasteiger partial charge in [0.05, 0.1) is 37.2 Å². The van der Waals surface area contributed by atoms with Gasteiger partial charge in [0.25, 0.3) is 0 Å². The number of alkyl carbamates (subject to hydrolysis) is 1. The number of hydrogen-bond donors (Lipinski definition) is 2. The number of rotatable bonds is 12. The Morgan fingerprint density at radius 3 is 2.77 bits per heavy atom. The molecule has 14 heteroatoms. The molecule has 2 radical (unpaired) electrons. The molecule has 3 fully saturated rings. The van der Waals surface area contributed by atoms with Gasteiger partial charge in [-0.25, -0.2) is 13.2 Å². The quantitative estimate of drug-likeness (QED) is 0.269. The zero-order chi connectivity index (χ0) is 28.2. The highest BCUT2D eigenvalue weighted by atomic mass is 32.2. The molecule has 0 aliphatic carbocycles. The van der Waals surface area contributed by atoms with E-state index in [1.54, 1.807) is 11.0 Å². The van der Waals surface area contributed by atoms with Gasteiger partial charge in [-0.15, -0.1) is 6.58 Å². The van der Waals surface area contributed by atoms with E-state index in [4.69, 9.17) is 26.8 Å². The fraction of sp³-hybridized carbons (Fsp3) is 0.600. The first kappa shape index (κ1) is 29.3. The van der Waals surface area contributed by atoms with Crippen LogP contribution in [0.15, 0.2) is 41.8 Å². The second-order valence-electron chi connectivity index (χ2n) is 9.73. The average Bonchev–Trinajstić information content (AvgIpc) is 3.62. The van der Waals surface area contributed by atoms with Crippen molar-refractivity contribution in [2.45, 2.75) is 54.6 Å². The Kier molecular flexibility index (Phi) is 9.54. The number of ether oxygens (including phenoxy) is 4. The monoisotopic (exact) mass is 563 g/mol. The second kappa shape index (κ2) is 12.7. The van der Waals surface area contributed by atoms with Crippen molar-refractivity contribution in [2.24, 2.45) is 5.92 Å². The van der Waals surface area contributed by atoms with E-state index in [0.29, 0.717) is 25.2 Å². The SMILES string of the molecule is [B][C@H](NC(=O)O[C@@H]1CO[C@@H]2OCC[C@@H]21)[C@@H](O)CN(C[C@@H]1CCC(=O)N1CC=C)S(=O)(=O)c1ccc(OC)cc1. The van der Waals surface area contributed by atoms with E-state index in [9.17, 15) is 23.1 Å². The molecule has 0 spiro atoms. The van der Waals surface area contributed by atoms with Crippen molar-refractivity contribution in [3.63, 3.8) is 0 Å². The lowest BCUT2D eigenvalue weighted by atomic mass is 9.91. The number of carbonyl (C=O) groups excluding carboxylic acids is 2. The number of likely N-dealkylation sites (tertiary alicyclic amines) is 1. The molecule has 0 aromatic heterocycles. The third-order valence-electron chi connectivity index (χ3n) is 7.22. The molecular formula is C25H34BN3O9S. The highest BCUT2D eigenvalue weighted by molar-refractivity contribution is 7.89. The number of nitrogens with zero attached hydrogens (tertiary/aromatic N) is 2. The van der Waals surface area contributed by atoms with Crippen LogP contribution in [-0.2, 0) is 29.0 Å². The van der Waals surface area contributed by atoms with Crippen LogP contribution in [0.1, 0.15) is 19.3 Å². The number of aliphatic hydroxyl groups excluding tert-OH is 1. The maximum Gasteiger partial charge on any atom is 0.407 e. The molecule has 3 aliphatic heterocycles. The molecule has 3 aliphatic rings. The van der Waals surface area contributed by atoms with Crippen molar-refractivity contribution in [2.75, 3.05) is 40.0 Å². The second-order valence-corrected chi connectivity index (χ2v) is 11.7. The first-order valence-electron chi connectivity index (χ1n) is 12.8. The zero-order valence-electron chi connectivity index (χ0n) is 21.8. The number of fused-ring (bicyclic) bond motifs is 1. The standard InChI is InChI=1S/C25H34BN3O9S/c1-3-11-29-16(4-9-22(29)31)13-28(39(33,34)18-7-5-17(35-2)6-8-18)14-20(30)23(26)27-25(32)38-21-15-37-24-19(21)10-12-36-24/h3,5-8,16,19-21,23-24,30H,1,4,9-15H2,2H3,(H,27,32)/t16-,19+,20-,21+,23+,24-/m0/s1. The van der Waals surface area contributed by atoms with Crippen LogP contribution in [0.5, 0.6) is 5.75 Å². The highest BCUT2D eigenvalue weighted by Crippen LogP contribution is 2.33. The lowest BCUT2D eigenvalue weighted by molar-refractivity contribution is -0.128. The van der Waals surface area contributed by atoms with E-state index in [2.05, 4.69) is 11.9 Å². The molecule has 2 N–H and O–H groups in total. The van der Waals surface area contributed by atoms with Gasteiger partial charge in [0.1, 0.15) is 19.7 Å². The van der Waals surface area contributed by atoms with Crippen molar-refractivity contribution < 1.29 is 42.1 Å². The lowest BCUT2D eigenvalue weighted by Gasteiger charge is -2.32. The Bertz CT molecular complexity index is 1140. The van der Waals surface area contributed by atoms with Crippen molar-refractivity contribution in [3.8, 4) is 5.75 Å². The van der Waals surface area contributed by atoms with Crippen LogP contribution in [0.2, 0.25) is 0 Å². The van der Waals surface area contributed by atoms with Crippen LogP contribution in [0, 0.1) is 5.92 Å². The molecule has 0 unspecified atom stereocenters. The van der Waals surface area contributed by atoms with Crippen LogP contribution in [0.3, 0.4) is 0 Å². The van der Waals surface area contributed by atoms with Crippen molar-refractivity contribution in [1.29, 1.82) is 0 Å². The van der Waals surface area contributed by atoms with Gasteiger partial charge in [-0.3, -0.25) is 4.79 Å². The Morgan fingerprint density at radius 2 is 2.08 bits per heavy atom. The first-order chi connectivity index (χ1) is 18.6. The highest BCUT2D eigenvalue weighted by Gasteiger charge is 2.44. The number of carbonyl (C=O) groups is 2. The van der Waals surface area contributed by atoms with Gasteiger partial charge >= 0.3 is 6.09 Å². The molecular weight excluding hydrogens is 529 g/mol. The van der Waals surface area contributed by atoms with Gasteiger partial charge in [0.2, 0.25) is 15.9 Å². The lowest BCUT2D eigenvalue weighted by Crippen LogP contribution is -2.52. The molecule has 2 amide bonds. The van der Waals surface area contributed by atoms with Crippen LogP contribution >= 0.6 is 0 Å². The fourth-order valence-electron chi connectivity index (χ4n) is 5.05. The Labute approximate surface area is 229 Å². The molecule has 1 aromatic rings. The summed E-state index contributed by atoms with van der Waals surface area (Å²) in [7, 11) is 3.38. The first-order valence-corrected chi connectivity index (χ1v) is 14.3. The number of nitrogens with one attached hydrogen (secondary N) is 1. The molecule has 6 atom stereocenters. The molecule has 12 nitrogen and oxygen atoms in total. The molecule has 3 saturated heterocycles. The summed E-state index contributed by atoms with van der Waals surface area (Å²) in [6.45, 7) is 4.14. The van der Waals surface area contributed by atoms with E-state index < -0.39 is 53.1 Å². The molecule has 0 saturated carbocycles. The smallest absolute Gasteiger partial charge is 0.407 e. The van der Waals surface area contributed by atoms with Crippen LogP contribution < -0.4 is 10.1 Å².